The molecule has 90 valence electrons. The molecule has 0 bridgehead atoms. The van der Waals surface area contributed by atoms with Crippen molar-refractivity contribution in [1.29, 1.82) is 0 Å². The second-order valence-corrected chi connectivity index (χ2v) is 4.00. The lowest BCUT2D eigenvalue weighted by Crippen LogP contribution is -2.24. The molecule has 2 nitrogen and oxygen atoms in total. The SMILES string of the molecule is CCCN(CC)Cc1cc(CN)ccc1F. The van der Waals surface area contributed by atoms with Crippen LogP contribution in [0.15, 0.2) is 18.2 Å². The molecule has 0 saturated carbocycles. The third-order valence-electron chi connectivity index (χ3n) is 2.73. The zero-order valence-electron chi connectivity index (χ0n) is 10.2. The molecule has 1 aromatic carbocycles. The van der Waals surface area contributed by atoms with Crippen molar-refractivity contribution in [3.05, 3.63) is 35.1 Å². The molecule has 0 aliphatic carbocycles. The van der Waals surface area contributed by atoms with Gasteiger partial charge in [0.25, 0.3) is 0 Å². The number of nitrogens with zero attached hydrogens (tertiary/aromatic N) is 1. The second-order valence-electron chi connectivity index (χ2n) is 4.00. The van der Waals surface area contributed by atoms with Crippen LogP contribution in [0.1, 0.15) is 31.4 Å². The average molecular weight is 224 g/mol. The van der Waals surface area contributed by atoms with Gasteiger partial charge in [0.15, 0.2) is 0 Å². The summed E-state index contributed by atoms with van der Waals surface area (Å²) in [5, 5.41) is 0. The molecule has 0 fully saturated rings. The van der Waals surface area contributed by atoms with E-state index in [9.17, 15) is 4.39 Å². The largest absolute Gasteiger partial charge is 0.326 e. The Balaban J connectivity index is 2.77. The van der Waals surface area contributed by atoms with E-state index >= 15 is 0 Å². The molecule has 1 rings (SSSR count). The molecule has 0 heterocycles. The fourth-order valence-electron chi connectivity index (χ4n) is 1.78. The summed E-state index contributed by atoms with van der Waals surface area (Å²) >= 11 is 0. The lowest BCUT2D eigenvalue weighted by molar-refractivity contribution is 0.276. The summed E-state index contributed by atoms with van der Waals surface area (Å²) in [6.07, 6.45) is 1.09. The Hall–Kier alpha value is -0.930. The molecule has 0 spiro atoms. The molecular weight excluding hydrogens is 203 g/mol. The van der Waals surface area contributed by atoms with Gasteiger partial charge in [-0.1, -0.05) is 26.0 Å². The summed E-state index contributed by atoms with van der Waals surface area (Å²) in [6.45, 7) is 7.32. The van der Waals surface area contributed by atoms with Crippen LogP contribution in [0.4, 0.5) is 4.39 Å². The highest BCUT2D eigenvalue weighted by molar-refractivity contribution is 5.25. The average Bonchev–Trinajstić information content (AvgIpc) is 2.31. The van der Waals surface area contributed by atoms with Crippen molar-refractivity contribution in [3.8, 4) is 0 Å². The minimum Gasteiger partial charge on any atom is -0.326 e. The minimum atomic E-state index is -0.133. The molecule has 0 aliphatic rings. The van der Waals surface area contributed by atoms with Crippen LogP contribution in [0.5, 0.6) is 0 Å². The van der Waals surface area contributed by atoms with Crippen LogP contribution in [-0.4, -0.2) is 18.0 Å². The Labute approximate surface area is 97.3 Å². The van der Waals surface area contributed by atoms with Crippen LogP contribution in [0.2, 0.25) is 0 Å². The van der Waals surface area contributed by atoms with Gasteiger partial charge in [-0.3, -0.25) is 4.90 Å². The predicted molar refractivity (Wildman–Crippen MR) is 65.5 cm³/mol. The zero-order chi connectivity index (χ0) is 12.0. The smallest absolute Gasteiger partial charge is 0.127 e. The van der Waals surface area contributed by atoms with E-state index in [0.717, 1.165) is 30.6 Å². The summed E-state index contributed by atoms with van der Waals surface area (Å²) in [5.74, 6) is -0.133. The normalized spacial score (nSPS) is 11.1. The van der Waals surface area contributed by atoms with E-state index in [1.807, 2.05) is 6.07 Å². The molecule has 0 aliphatic heterocycles. The number of hydrogen-bond acceptors (Lipinski definition) is 2. The van der Waals surface area contributed by atoms with Crippen molar-refractivity contribution in [1.82, 2.24) is 4.90 Å². The highest BCUT2D eigenvalue weighted by Crippen LogP contribution is 2.13. The Morgan fingerprint density at radius 3 is 2.62 bits per heavy atom. The lowest BCUT2D eigenvalue weighted by Gasteiger charge is -2.20. The summed E-state index contributed by atoms with van der Waals surface area (Å²) in [4.78, 5) is 2.23. The molecule has 0 saturated heterocycles. The predicted octanol–water partition coefficient (Wildman–Crippen LogP) is 2.52. The number of benzene rings is 1. The van der Waals surface area contributed by atoms with E-state index in [-0.39, 0.29) is 5.82 Å². The molecule has 0 amide bonds. The van der Waals surface area contributed by atoms with Gasteiger partial charge in [-0.05, 0) is 31.1 Å². The van der Waals surface area contributed by atoms with Gasteiger partial charge in [-0.15, -0.1) is 0 Å². The quantitative estimate of drug-likeness (QED) is 0.804. The van der Waals surface area contributed by atoms with Crippen molar-refractivity contribution < 1.29 is 4.39 Å². The van der Waals surface area contributed by atoms with Crippen LogP contribution in [-0.2, 0) is 13.1 Å². The van der Waals surface area contributed by atoms with E-state index in [0.29, 0.717) is 13.1 Å². The van der Waals surface area contributed by atoms with Crippen LogP contribution >= 0.6 is 0 Å². The van der Waals surface area contributed by atoms with Crippen molar-refractivity contribution in [3.63, 3.8) is 0 Å². The van der Waals surface area contributed by atoms with Gasteiger partial charge >= 0.3 is 0 Å². The van der Waals surface area contributed by atoms with Gasteiger partial charge in [0.2, 0.25) is 0 Å². The van der Waals surface area contributed by atoms with Crippen LogP contribution in [0.3, 0.4) is 0 Å². The summed E-state index contributed by atoms with van der Waals surface area (Å²) < 4.78 is 13.6. The van der Waals surface area contributed by atoms with E-state index in [2.05, 4.69) is 18.7 Å². The zero-order valence-corrected chi connectivity index (χ0v) is 10.2. The van der Waals surface area contributed by atoms with E-state index < -0.39 is 0 Å². The Morgan fingerprint density at radius 1 is 1.31 bits per heavy atom. The number of hydrogen-bond donors (Lipinski definition) is 1. The summed E-state index contributed by atoms with van der Waals surface area (Å²) in [6, 6.07) is 5.12. The van der Waals surface area contributed by atoms with Gasteiger partial charge in [-0.2, -0.15) is 0 Å². The first-order valence-corrected chi connectivity index (χ1v) is 5.91. The van der Waals surface area contributed by atoms with E-state index in [1.54, 1.807) is 6.07 Å². The Morgan fingerprint density at radius 2 is 2.06 bits per heavy atom. The minimum absolute atomic E-state index is 0.133. The summed E-state index contributed by atoms with van der Waals surface area (Å²) in [5.41, 5.74) is 7.29. The monoisotopic (exact) mass is 224 g/mol. The first-order valence-electron chi connectivity index (χ1n) is 5.91. The molecule has 0 atom stereocenters. The third kappa shape index (κ3) is 3.58. The summed E-state index contributed by atoms with van der Waals surface area (Å²) in [7, 11) is 0. The molecule has 0 radical (unpaired) electrons. The number of rotatable bonds is 6. The van der Waals surface area contributed by atoms with Crippen molar-refractivity contribution in [2.75, 3.05) is 13.1 Å². The van der Waals surface area contributed by atoms with Gasteiger partial charge in [0, 0.05) is 18.7 Å². The van der Waals surface area contributed by atoms with Gasteiger partial charge in [0.1, 0.15) is 5.82 Å². The fourth-order valence-corrected chi connectivity index (χ4v) is 1.78. The van der Waals surface area contributed by atoms with Crippen LogP contribution < -0.4 is 5.73 Å². The third-order valence-corrected chi connectivity index (χ3v) is 2.73. The second kappa shape index (κ2) is 6.61. The molecule has 0 unspecified atom stereocenters. The standard InChI is InChI=1S/C13H21FN2/c1-3-7-16(4-2)10-12-8-11(9-15)5-6-13(12)14/h5-6,8H,3-4,7,9-10,15H2,1-2H3. The molecule has 3 heteroatoms. The van der Waals surface area contributed by atoms with Crippen molar-refractivity contribution in [2.24, 2.45) is 5.73 Å². The number of nitrogens with two attached hydrogens (primary N) is 1. The molecule has 16 heavy (non-hydrogen) atoms. The Bertz CT molecular complexity index is 326. The van der Waals surface area contributed by atoms with Crippen LogP contribution in [0, 0.1) is 5.82 Å². The maximum Gasteiger partial charge on any atom is 0.127 e. The van der Waals surface area contributed by atoms with Crippen molar-refractivity contribution in [2.45, 2.75) is 33.4 Å². The van der Waals surface area contributed by atoms with Crippen molar-refractivity contribution >= 4 is 0 Å². The first kappa shape index (κ1) is 13.1. The van der Waals surface area contributed by atoms with Gasteiger partial charge in [-0.25, -0.2) is 4.39 Å². The maximum absolute atomic E-state index is 13.6. The number of halogens is 1. The van der Waals surface area contributed by atoms with Gasteiger partial charge < -0.3 is 5.73 Å². The lowest BCUT2D eigenvalue weighted by atomic mass is 10.1. The highest BCUT2D eigenvalue weighted by Gasteiger charge is 2.07. The topological polar surface area (TPSA) is 29.3 Å². The molecule has 1 aromatic rings. The van der Waals surface area contributed by atoms with Gasteiger partial charge in [0.05, 0.1) is 0 Å². The first-order chi connectivity index (χ1) is 7.71. The van der Waals surface area contributed by atoms with E-state index in [1.165, 1.54) is 6.07 Å². The fraction of sp³-hybridized carbons (Fsp3) is 0.538. The van der Waals surface area contributed by atoms with Crippen LogP contribution in [0.25, 0.3) is 0 Å². The van der Waals surface area contributed by atoms with E-state index in [4.69, 9.17) is 5.73 Å². The molecule has 2 N–H and O–H groups in total. The Kier molecular flexibility index (Phi) is 5.43. The highest BCUT2D eigenvalue weighted by atomic mass is 19.1. The maximum atomic E-state index is 13.6. The molecule has 0 aromatic heterocycles. The molecular formula is C13H21FN2.